The topological polar surface area (TPSA) is 15.3 Å². The molecular formula is C14H22N2. The van der Waals surface area contributed by atoms with Crippen LogP contribution in [0.25, 0.3) is 0 Å². The SMILES string of the molecule is Cc1ccc(CN2CCCNCC2)cc1C. The second kappa shape index (κ2) is 5.46. The minimum Gasteiger partial charge on any atom is -0.315 e. The van der Waals surface area contributed by atoms with Crippen molar-refractivity contribution in [3.8, 4) is 0 Å². The molecule has 0 spiro atoms. The van der Waals surface area contributed by atoms with E-state index in [-0.39, 0.29) is 0 Å². The standard InChI is InChI=1S/C14H22N2/c1-12-4-5-14(10-13(12)2)11-16-8-3-6-15-7-9-16/h4-5,10,15H,3,6-9,11H2,1-2H3. The van der Waals surface area contributed by atoms with E-state index in [1.54, 1.807) is 0 Å². The summed E-state index contributed by atoms with van der Waals surface area (Å²) in [7, 11) is 0. The van der Waals surface area contributed by atoms with E-state index >= 15 is 0 Å². The number of rotatable bonds is 2. The van der Waals surface area contributed by atoms with Gasteiger partial charge < -0.3 is 5.32 Å². The Balaban J connectivity index is 1.99. The average Bonchev–Trinajstić information content (AvgIpc) is 2.52. The van der Waals surface area contributed by atoms with E-state index < -0.39 is 0 Å². The van der Waals surface area contributed by atoms with Gasteiger partial charge in [0, 0.05) is 19.6 Å². The fourth-order valence-corrected chi connectivity index (χ4v) is 2.22. The summed E-state index contributed by atoms with van der Waals surface area (Å²) in [6.07, 6.45) is 1.27. The van der Waals surface area contributed by atoms with Gasteiger partial charge >= 0.3 is 0 Å². The fourth-order valence-electron chi connectivity index (χ4n) is 2.22. The molecule has 0 amide bonds. The highest BCUT2D eigenvalue weighted by Gasteiger charge is 2.08. The molecule has 1 saturated heterocycles. The molecule has 16 heavy (non-hydrogen) atoms. The number of hydrogen-bond donors (Lipinski definition) is 1. The minimum atomic E-state index is 1.10. The van der Waals surface area contributed by atoms with E-state index in [0.29, 0.717) is 0 Å². The van der Waals surface area contributed by atoms with Gasteiger partial charge in [0.2, 0.25) is 0 Å². The Morgan fingerprint density at radius 2 is 2.00 bits per heavy atom. The van der Waals surface area contributed by atoms with Gasteiger partial charge in [0.1, 0.15) is 0 Å². The van der Waals surface area contributed by atoms with Crippen molar-refractivity contribution in [1.82, 2.24) is 10.2 Å². The zero-order valence-corrected chi connectivity index (χ0v) is 10.4. The summed E-state index contributed by atoms with van der Waals surface area (Å²) < 4.78 is 0. The van der Waals surface area contributed by atoms with Crippen LogP contribution in [-0.4, -0.2) is 31.1 Å². The first kappa shape index (κ1) is 11.6. The molecule has 1 heterocycles. The van der Waals surface area contributed by atoms with Crippen molar-refractivity contribution >= 4 is 0 Å². The number of benzene rings is 1. The van der Waals surface area contributed by atoms with Gasteiger partial charge in [0.15, 0.2) is 0 Å². The second-order valence-corrected chi connectivity index (χ2v) is 4.80. The molecule has 1 aliphatic heterocycles. The van der Waals surface area contributed by atoms with Crippen LogP contribution in [0.1, 0.15) is 23.1 Å². The van der Waals surface area contributed by atoms with Crippen LogP contribution in [0, 0.1) is 13.8 Å². The summed E-state index contributed by atoms with van der Waals surface area (Å²) in [5.41, 5.74) is 4.25. The van der Waals surface area contributed by atoms with Crippen LogP contribution in [0.15, 0.2) is 18.2 Å². The van der Waals surface area contributed by atoms with E-state index in [1.807, 2.05) is 0 Å². The summed E-state index contributed by atoms with van der Waals surface area (Å²) in [6.45, 7) is 10.2. The molecule has 1 aromatic rings. The monoisotopic (exact) mass is 218 g/mol. The molecule has 2 rings (SSSR count). The second-order valence-electron chi connectivity index (χ2n) is 4.80. The lowest BCUT2D eigenvalue weighted by Crippen LogP contribution is -2.27. The molecule has 0 radical (unpaired) electrons. The first-order chi connectivity index (χ1) is 7.75. The van der Waals surface area contributed by atoms with E-state index in [0.717, 1.165) is 13.1 Å². The third kappa shape index (κ3) is 3.06. The zero-order chi connectivity index (χ0) is 11.4. The predicted octanol–water partition coefficient (Wildman–Crippen LogP) is 2.10. The van der Waals surface area contributed by atoms with Crippen molar-refractivity contribution in [2.75, 3.05) is 26.2 Å². The maximum Gasteiger partial charge on any atom is 0.0234 e. The van der Waals surface area contributed by atoms with Crippen molar-refractivity contribution in [2.45, 2.75) is 26.8 Å². The summed E-state index contributed by atoms with van der Waals surface area (Å²) in [5.74, 6) is 0. The summed E-state index contributed by atoms with van der Waals surface area (Å²) in [4.78, 5) is 2.55. The Morgan fingerprint density at radius 1 is 1.12 bits per heavy atom. The Labute approximate surface area is 98.7 Å². The predicted molar refractivity (Wildman–Crippen MR) is 68.7 cm³/mol. The molecule has 2 heteroatoms. The van der Waals surface area contributed by atoms with Gasteiger partial charge in [0.05, 0.1) is 0 Å². The van der Waals surface area contributed by atoms with Crippen molar-refractivity contribution in [1.29, 1.82) is 0 Å². The van der Waals surface area contributed by atoms with Gasteiger partial charge in [-0.1, -0.05) is 18.2 Å². The quantitative estimate of drug-likeness (QED) is 0.818. The Morgan fingerprint density at radius 3 is 2.81 bits per heavy atom. The Kier molecular flexibility index (Phi) is 3.97. The fraction of sp³-hybridized carbons (Fsp3) is 0.571. The van der Waals surface area contributed by atoms with Crippen LogP contribution in [0.2, 0.25) is 0 Å². The third-order valence-corrected chi connectivity index (χ3v) is 3.41. The van der Waals surface area contributed by atoms with E-state index in [4.69, 9.17) is 0 Å². The summed E-state index contributed by atoms with van der Waals surface area (Å²) in [6, 6.07) is 6.83. The summed E-state index contributed by atoms with van der Waals surface area (Å²) >= 11 is 0. The number of aryl methyl sites for hydroxylation is 2. The smallest absolute Gasteiger partial charge is 0.0234 e. The van der Waals surface area contributed by atoms with Gasteiger partial charge in [-0.2, -0.15) is 0 Å². The van der Waals surface area contributed by atoms with Crippen molar-refractivity contribution in [2.24, 2.45) is 0 Å². The Bertz CT molecular complexity index is 339. The van der Waals surface area contributed by atoms with Crippen LogP contribution in [0.3, 0.4) is 0 Å². The van der Waals surface area contributed by atoms with Gasteiger partial charge in [-0.15, -0.1) is 0 Å². The molecule has 1 fully saturated rings. The van der Waals surface area contributed by atoms with Gasteiger partial charge in [0.25, 0.3) is 0 Å². The van der Waals surface area contributed by atoms with Gasteiger partial charge in [-0.05, 0) is 50.0 Å². The normalized spacial score (nSPS) is 18.4. The lowest BCUT2D eigenvalue weighted by Gasteiger charge is -2.19. The molecule has 0 bridgehead atoms. The van der Waals surface area contributed by atoms with E-state index in [9.17, 15) is 0 Å². The first-order valence-corrected chi connectivity index (χ1v) is 6.25. The van der Waals surface area contributed by atoms with Crippen molar-refractivity contribution in [3.63, 3.8) is 0 Å². The van der Waals surface area contributed by atoms with Crippen LogP contribution < -0.4 is 5.32 Å². The van der Waals surface area contributed by atoms with E-state index in [1.165, 1.54) is 42.7 Å². The largest absolute Gasteiger partial charge is 0.315 e. The highest BCUT2D eigenvalue weighted by molar-refractivity contribution is 5.29. The third-order valence-electron chi connectivity index (χ3n) is 3.41. The maximum absolute atomic E-state index is 3.44. The lowest BCUT2D eigenvalue weighted by atomic mass is 10.1. The molecule has 0 unspecified atom stereocenters. The number of nitrogens with zero attached hydrogens (tertiary/aromatic N) is 1. The van der Waals surface area contributed by atoms with Crippen LogP contribution in [0.5, 0.6) is 0 Å². The number of hydrogen-bond acceptors (Lipinski definition) is 2. The molecule has 1 aliphatic rings. The molecule has 0 aromatic heterocycles. The van der Waals surface area contributed by atoms with Crippen LogP contribution in [-0.2, 0) is 6.54 Å². The van der Waals surface area contributed by atoms with Crippen LogP contribution in [0.4, 0.5) is 0 Å². The first-order valence-electron chi connectivity index (χ1n) is 6.25. The van der Waals surface area contributed by atoms with Crippen LogP contribution >= 0.6 is 0 Å². The highest BCUT2D eigenvalue weighted by Crippen LogP contribution is 2.12. The Hall–Kier alpha value is -0.860. The molecular weight excluding hydrogens is 196 g/mol. The lowest BCUT2D eigenvalue weighted by molar-refractivity contribution is 0.284. The maximum atomic E-state index is 3.44. The molecule has 1 aromatic carbocycles. The molecule has 0 aliphatic carbocycles. The van der Waals surface area contributed by atoms with E-state index in [2.05, 4.69) is 42.3 Å². The van der Waals surface area contributed by atoms with Gasteiger partial charge in [-0.25, -0.2) is 0 Å². The van der Waals surface area contributed by atoms with Gasteiger partial charge in [-0.3, -0.25) is 4.90 Å². The zero-order valence-electron chi connectivity index (χ0n) is 10.4. The highest BCUT2D eigenvalue weighted by atomic mass is 15.1. The molecule has 0 saturated carbocycles. The molecule has 0 atom stereocenters. The summed E-state index contributed by atoms with van der Waals surface area (Å²) in [5, 5.41) is 3.44. The van der Waals surface area contributed by atoms with Crippen molar-refractivity contribution < 1.29 is 0 Å². The number of nitrogens with one attached hydrogen (secondary N) is 1. The molecule has 1 N–H and O–H groups in total. The minimum absolute atomic E-state index is 1.10. The molecule has 88 valence electrons. The average molecular weight is 218 g/mol. The van der Waals surface area contributed by atoms with Crippen molar-refractivity contribution in [3.05, 3.63) is 34.9 Å². The molecule has 2 nitrogen and oxygen atoms in total.